The largest absolute Gasteiger partial charge is 0.394 e. The molecule has 8 heteroatoms. The van der Waals surface area contributed by atoms with Crippen LogP contribution in [0.3, 0.4) is 0 Å². The lowest BCUT2D eigenvalue weighted by Crippen LogP contribution is -2.18. The standard InChI is InChI=1S/C13H16N2O2.C6H10N2O2/c16-12(8-13-14-6-7-15-13)10-17-9-11-4-2-1-3-5-11;9-4-5(10)3-6-7-1-2-8-6/h1-7,12,16H,8-10H2,(H,14,15);1-2,5,9-10H,3-4H2,(H,7,8)/t12-;5-/m00/s1. The average molecular weight is 374 g/mol. The molecule has 2 atom stereocenters. The van der Waals surface area contributed by atoms with Crippen LogP contribution in [0.25, 0.3) is 0 Å². The van der Waals surface area contributed by atoms with Crippen LogP contribution >= 0.6 is 0 Å². The Kier molecular flexibility index (Phi) is 9.22. The number of ether oxygens (including phenoxy) is 1. The fourth-order valence-corrected chi connectivity index (χ4v) is 2.28. The lowest BCUT2D eigenvalue weighted by Gasteiger charge is -2.09. The van der Waals surface area contributed by atoms with E-state index in [1.165, 1.54) is 0 Å². The summed E-state index contributed by atoms with van der Waals surface area (Å²) in [5.74, 6) is 1.47. The maximum atomic E-state index is 9.71. The second-order valence-corrected chi connectivity index (χ2v) is 5.97. The maximum absolute atomic E-state index is 9.71. The number of aromatic nitrogens is 4. The summed E-state index contributed by atoms with van der Waals surface area (Å²) in [7, 11) is 0. The van der Waals surface area contributed by atoms with Gasteiger partial charge in [0.1, 0.15) is 11.6 Å². The summed E-state index contributed by atoms with van der Waals surface area (Å²) in [5.41, 5.74) is 1.11. The van der Waals surface area contributed by atoms with Crippen molar-refractivity contribution < 1.29 is 20.1 Å². The first-order valence-electron chi connectivity index (χ1n) is 8.72. The summed E-state index contributed by atoms with van der Waals surface area (Å²) in [6, 6.07) is 9.91. The van der Waals surface area contributed by atoms with E-state index in [4.69, 9.17) is 14.9 Å². The van der Waals surface area contributed by atoms with Crippen molar-refractivity contribution in [3.8, 4) is 0 Å². The molecule has 3 aromatic rings. The van der Waals surface area contributed by atoms with Crippen molar-refractivity contribution in [1.82, 2.24) is 19.9 Å². The van der Waals surface area contributed by atoms with Gasteiger partial charge in [-0.05, 0) is 5.56 Å². The summed E-state index contributed by atoms with van der Waals surface area (Å²) in [6.45, 7) is 0.617. The highest BCUT2D eigenvalue weighted by atomic mass is 16.5. The highest BCUT2D eigenvalue weighted by molar-refractivity contribution is 5.13. The van der Waals surface area contributed by atoms with Gasteiger partial charge in [0.05, 0.1) is 32.0 Å². The van der Waals surface area contributed by atoms with E-state index in [9.17, 15) is 5.11 Å². The molecular weight excluding hydrogens is 348 g/mol. The molecule has 5 N–H and O–H groups in total. The minimum absolute atomic E-state index is 0.222. The number of hydrogen-bond acceptors (Lipinski definition) is 6. The SMILES string of the molecule is OC[C@@H](O)Cc1ncc[nH]1.O[C@H](COCc1ccccc1)Cc1ncc[nH]1. The fourth-order valence-electron chi connectivity index (χ4n) is 2.28. The van der Waals surface area contributed by atoms with E-state index < -0.39 is 12.2 Å². The molecule has 0 amide bonds. The zero-order valence-electron chi connectivity index (χ0n) is 15.0. The predicted molar refractivity (Wildman–Crippen MR) is 99.8 cm³/mol. The Labute approximate surface area is 157 Å². The van der Waals surface area contributed by atoms with Gasteiger partial charge in [-0.1, -0.05) is 30.3 Å². The summed E-state index contributed by atoms with van der Waals surface area (Å²) in [4.78, 5) is 13.7. The Bertz CT molecular complexity index is 705. The zero-order chi connectivity index (χ0) is 19.3. The maximum Gasteiger partial charge on any atom is 0.108 e. The molecule has 0 aliphatic rings. The number of benzene rings is 1. The Hall–Kier alpha value is -2.52. The molecule has 0 aliphatic heterocycles. The van der Waals surface area contributed by atoms with Crippen LogP contribution in [0.1, 0.15) is 17.2 Å². The van der Waals surface area contributed by atoms with Gasteiger partial charge >= 0.3 is 0 Å². The van der Waals surface area contributed by atoms with E-state index in [1.54, 1.807) is 24.8 Å². The van der Waals surface area contributed by atoms with Gasteiger partial charge in [-0.3, -0.25) is 0 Å². The molecule has 0 fully saturated rings. The minimum Gasteiger partial charge on any atom is -0.394 e. The lowest BCUT2D eigenvalue weighted by atomic mass is 10.2. The molecule has 0 saturated heterocycles. The number of rotatable bonds is 9. The van der Waals surface area contributed by atoms with Crippen LogP contribution in [0.4, 0.5) is 0 Å². The van der Waals surface area contributed by atoms with Gasteiger partial charge in [0, 0.05) is 37.6 Å². The summed E-state index contributed by atoms with van der Waals surface area (Å²) >= 11 is 0. The monoisotopic (exact) mass is 374 g/mol. The Morgan fingerprint density at radius 3 is 2.00 bits per heavy atom. The van der Waals surface area contributed by atoms with Gasteiger partial charge in [-0.2, -0.15) is 0 Å². The Morgan fingerprint density at radius 1 is 0.889 bits per heavy atom. The van der Waals surface area contributed by atoms with Crippen LogP contribution in [0, 0.1) is 0 Å². The third-order valence-corrected chi connectivity index (χ3v) is 3.60. The number of H-pyrrole nitrogens is 2. The molecule has 8 nitrogen and oxygen atoms in total. The Morgan fingerprint density at radius 2 is 1.48 bits per heavy atom. The Balaban J connectivity index is 0.000000223. The van der Waals surface area contributed by atoms with E-state index in [2.05, 4.69) is 19.9 Å². The van der Waals surface area contributed by atoms with Crippen molar-refractivity contribution in [2.24, 2.45) is 0 Å². The van der Waals surface area contributed by atoms with Gasteiger partial charge < -0.3 is 30.0 Å². The van der Waals surface area contributed by atoms with Crippen LogP contribution in [0.15, 0.2) is 55.1 Å². The average Bonchev–Trinajstić information content (AvgIpc) is 3.37. The smallest absolute Gasteiger partial charge is 0.108 e. The summed E-state index contributed by atoms with van der Waals surface area (Å²) in [6.07, 6.45) is 6.35. The van der Waals surface area contributed by atoms with Gasteiger partial charge in [-0.15, -0.1) is 0 Å². The number of nitrogens with one attached hydrogen (secondary N) is 2. The molecule has 0 aliphatic carbocycles. The highest BCUT2D eigenvalue weighted by Crippen LogP contribution is 2.02. The van der Waals surface area contributed by atoms with E-state index in [0.717, 1.165) is 11.4 Å². The third-order valence-electron chi connectivity index (χ3n) is 3.60. The second kappa shape index (κ2) is 12.0. The quantitative estimate of drug-likeness (QED) is 0.378. The number of nitrogens with zero attached hydrogens (tertiary/aromatic N) is 2. The van der Waals surface area contributed by atoms with Crippen molar-refractivity contribution in [2.75, 3.05) is 13.2 Å². The number of hydrogen-bond donors (Lipinski definition) is 5. The molecule has 146 valence electrons. The number of aliphatic hydroxyl groups excluding tert-OH is 3. The first kappa shape index (κ1) is 20.8. The van der Waals surface area contributed by atoms with Crippen LogP contribution < -0.4 is 0 Å². The minimum atomic E-state index is -0.703. The summed E-state index contributed by atoms with van der Waals surface area (Å²) in [5, 5.41) is 27.1. The number of imidazole rings is 2. The number of aliphatic hydroxyl groups is 3. The molecular formula is C19H26N4O4. The van der Waals surface area contributed by atoms with Gasteiger partial charge in [0.2, 0.25) is 0 Å². The zero-order valence-corrected chi connectivity index (χ0v) is 15.0. The van der Waals surface area contributed by atoms with Gasteiger partial charge in [0.15, 0.2) is 0 Å². The topological polar surface area (TPSA) is 127 Å². The molecule has 3 rings (SSSR count). The fraction of sp³-hybridized carbons (Fsp3) is 0.368. The van der Waals surface area contributed by atoms with E-state index in [0.29, 0.717) is 31.9 Å². The molecule has 2 heterocycles. The second-order valence-electron chi connectivity index (χ2n) is 5.97. The lowest BCUT2D eigenvalue weighted by molar-refractivity contribution is 0.0280. The van der Waals surface area contributed by atoms with Crippen molar-refractivity contribution >= 4 is 0 Å². The van der Waals surface area contributed by atoms with Crippen LogP contribution in [-0.4, -0.2) is 60.7 Å². The molecule has 0 unspecified atom stereocenters. The van der Waals surface area contributed by atoms with Gasteiger partial charge in [0.25, 0.3) is 0 Å². The van der Waals surface area contributed by atoms with E-state index in [1.807, 2.05) is 30.3 Å². The number of aromatic amines is 2. The van der Waals surface area contributed by atoms with E-state index in [-0.39, 0.29) is 6.61 Å². The first-order valence-corrected chi connectivity index (χ1v) is 8.72. The van der Waals surface area contributed by atoms with Crippen molar-refractivity contribution in [2.45, 2.75) is 31.7 Å². The normalized spacial score (nSPS) is 12.9. The molecule has 1 aromatic carbocycles. The van der Waals surface area contributed by atoms with E-state index >= 15 is 0 Å². The molecule has 0 spiro atoms. The van der Waals surface area contributed by atoms with Crippen LogP contribution in [0.5, 0.6) is 0 Å². The van der Waals surface area contributed by atoms with Crippen molar-refractivity contribution in [3.05, 3.63) is 72.3 Å². The molecule has 0 saturated carbocycles. The highest BCUT2D eigenvalue weighted by Gasteiger charge is 2.07. The molecule has 2 aromatic heterocycles. The third kappa shape index (κ3) is 8.61. The van der Waals surface area contributed by atoms with Crippen LogP contribution in [0.2, 0.25) is 0 Å². The predicted octanol–water partition coefficient (Wildman–Crippen LogP) is 0.835. The van der Waals surface area contributed by atoms with Crippen molar-refractivity contribution in [1.29, 1.82) is 0 Å². The van der Waals surface area contributed by atoms with Crippen molar-refractivity contribution in [3.63, 3.8) is 0 Å². The first-order chi connectivity index (χ1) is 13.2. The van der Waals surface area contributed by atoms with Crippen LogP contribution in [-0.2, 0) is 24.2 Å². The molecule has 0 bridgehead atoms. The summed E-state index contributed by atoms with van der Waals surface area (Å²) < 4.78 is 5.44. The molecule has 0 radical (unpaired) electrons. The molecule has 27 heavy (non-hydrogen) atoms. The van der Waals surface area contributed by atoms with Gasteiger partial charge in [-0.25, -0.2) is 9.97 Å².